The highest BCUT2D eigenvalue weighted by molar-refractivity contribution is 5.82. The van der Waals surface area contributed by atoms with Crippen LogP contribution in [0.1, 0.15) is 32.0 Å². The molecule has 0 saturated heterocycles. The van der Waals surface area contributed by atoms with Crippen molar-refractivity contribution in [3.63, 3.8) is 0 Å². The zero-order valence-electron chi connectivity index (χ0n) is 9.70. The number of rotatable bonds is 0. The molecule has 2 aromatic heterocycles. The average Bonchev–Trinajstić information content (AvgIpc) is 2.15. The molecule has 0 aliphatic rings. The number of aromatic nitrogens is 2. The van der Waals surface area contributed by atoms with E-state index in [4.69, 9.17) is 0 Å². The second kappa shape index (κ2) is 3.30. The Morgan fingerprint density at radius 3 is 2.60 bits per heavy atom. The Labute approximate surface area is 90.4 Å². The summed E-state index contributed by atoms with van der Waals surface area (Å²) in [6.07, 6.45) is 3.70. The van der Waals surface area contributed by atoms with E-state index in [1.807, 2.05) is 19.2 Å². The van der Waals surface area contributed by atoms with Crippen molar-refractivity contribution in [3.05, 3.63) is 35.8 Å². The van der Waals surface area contributed by atoms with Crippen molar-refractivity contribution in [2.24, 2.45) is 0 Å². The number of pyridine rings is 2. The average molecular weight is 200 g/mol. The van der Waals surface area contributed by atoms with Crippen LogP contribution in [0.2, 0.25) is 0 Å². The molecule has 0 spiro atoms. The van der Waals surface area contributed by atoms with E-state index in [1.165, 1.54) is 5.56 Å². The first-order valence-electron chi connectivity index (χ1n) is 5.20. The van der Waals surface area contributed by atoms with Crippen LogP contribution in [0.25, 0.3) is 10.9 Å². The maximum atomic E-state index is 4.51. The number of aryl methyl sites for hydroxylation is 1. The summed E-state index contributed by atoms with van der Waals surface area (Å²) in [5, 5.41) is 1.16. The Morgan fingerprint density at radius 1 is 1.20 bits per heavy atom. The Balaban J connectivity index is 2.83. The predicted octanol–water partition coefficient (Wildman–Crippen LogP) is 3.24. The van der Waals surface area contributed by atoms with Crippen LogP contribution in [0.3, 0.4) is 0 Å². The minimum Gasteiger partial charge on any atom is -0.264 e. The molecule has 78 valence electrons. The van der Waals surface area contributed by atoms with Crippen LogP contribution in [-0.2, 0) is 5.41 Å². The summed E-state index contributed by atoms with van der Waals surface area (Å²) in [7, 11) is 0. The van der Waals surface area contributed by atoms with E-state index in [0.717, 1.165) is 16.6 Å². The molecule has 0 N–H and O–H groups in total. The summed E-state index contributed by atoms with van der Waals surface area (Å²) < 4.78 is 0. The fourth-order valence-electron chi connectivity index (χ4n) is 1.82. The second-order valence-electron chi connectivity index (χ2n) is 4.95. The van der Waals surface area contributed by atoms with E-state index in [9.17, 15) is 0 Å². The molecule has 0 aromatic carbocycles. The molecule has 0 bridgehead atoms. The van der Waals surface area contributed by atoms with Gasteiger partial charge in [0, 0.05) is 23.5 Å². The minimum absolute atomic E-state index is 0.134. The van der Waals surface area contributed by atoms with E-state index in [-0.39, 0.29) is 5.41 Å². The Kier molecular flexibility index (Phi) is 2.22. The van der Waals surface area contributed by atoms with Gasteiger partial charge in [-0.05, 0) is 30.0 Å². The Bertz CT molecular complexity index is 495. The van der Waals surface area contributed by atoms with Crippen LogP contribution in [0.15, 0.2) is 24.5 Å². The lowest BCUT2D eigenvalue weighted by Gasteiger charge is -2.21. The summed E-state index contributed by atoms with van der Waals surface area (Å²) in [5.74, 6) is 0. The van der Waals surface area contributed by atoms with Crippen molar-refractivity contribution in [2.75, 3.05) is 0 Å². The molecule has 2 aromatic rings. The molecular weight excluding hydrogens is 184 g/mol. The topological polar surface area (TPSA) is 25.8 Å². The second-order valence-corrected chi connectivity index (χ2v) is 4.95. The lowest BCUT2D eigenvalue weighted by molar-refractivity contribution is 0.594. The molecule has 2 nitrogen and oxygen atoms in total. The molecular formula is C13H16N2. The van der Waals surface area contributed by atoms with Gasteiger partial charge in [0.1, 0.15) is 0 Å². The smallest absolute Gasteiger partial charge is 0.0738 e. The monoisotopic (exact) mass is 200 g/mol. The fraction of sp³-hybridized carbons (Fsp3) is 0.385. The highest BCUT2D eigenvalue weighted by Crippen LogP contribution is 2.29. The van der Waals surface area contributed by atoms with E-state index >= 15 is 0 Å². The van der Waals surface area contributed by atoms with Gasteiger partial charge in [-0.1, -0.05) is 20.8 Å². The third kappa shape index (κ3) is 1.84. The number of hydrogen-bond donors (Lipinski definition) is 0. The molecule has 15 heavy (non-hydrogen) atoms. The molecule has 0 fully saturated rings. The molecule has 0 saturated carbocycles. The highest BCUT2D eigenvalue weighted by Gasteiger charge is 2.17. The standard InChI is InChI=1S/C13H16N2/c1-9-7-11(13(2,3)4)10-8-14-6-5-12(10)15-9/h5-8H,1-4H3. The van der Waals surface area contributed by atoms with Gasteiger partial charge >= 0.3 is 0 Å². The van der Waals surface area contributed by atoms with E-state index < -0.39 is 0 Å². The van der Waals surface area contributed by atoms with Gasteiger partial charge in [-0.2, -0.15) is 0 Å². The maximum Gasteiger partial charge on any atom is 0.0738 e. The zero-order valence-corrected chi connectivity index (χ0v) is 9.70. The quantitative estimate of drug-likeness (QED) is 0.652. The van der Waals surface area contributed by atoms with Gasteiger partial charge in [-0.25, -0.2) is 0 Å². The first-order chi connectivity index (χ1) is 6.98. The first-order valence-corrected chi connectivity index (χ1v) is 5.20. The van der Waals surface area contributed by atoms with Crippen LogP contribution < -0.4 is 0 Å². The van der Waals surface area contributed by atoms with Crippen molar-refractivity contribution in [1.82, 2.24) is 9.97 Å². The third-order valence-corrected chi connectivity index (χ3v) is 2.55. The van der Waals surface area contributed by atoms with Gasteiger partial charge in [0.05, 0.1) is 5.52 Å². The van der Waals surface area contributed by atoms with Crippen LogP contribution in [0.4, 0.5) is 0 Å². The van der Waals surface area contributed by atoms with Crippen LogP contribution in [0.5, 0.6) is 0 Å². The van der Waals surface area contributed by atoms with Crippen LogP contribution in [0, 0.1) is 6.92 Å². The van der Waals surface area contributed by atoms with Gasteiger partial charge in [0.2, 0.25) is 0 Å². The lowest BCUT2D eigenvalue weighted by Crippen LogP contribution is -2.12. The summed E-state index contributed by atoms with van der Waals surface area (Å²) >= 11 is 0. The molecule has 0 atom stereocenters. The molecule has 2 rings (SSSR count). The Morgan fingerprint density at radius 2 is 1.93 bits per heavy atom. The maximum absolute atomic E-state index is 4.51. The number of hydrogen-bond acceptors (Lipinski definition) is 2. The molecule has 2 heterocycles. The minimum atomic E-state index is 0.134. The van der Waals surface area contributed by atoms with E-state index in [2.05, 4.69) is 36.8 Å². The Hall–Kier alpha value is -1.44. The summed E-state index contributed by atoms with van der Waals surface area (Å²) in [5.41, 5.74) is 3.56. The van der Waals surface area contributed by atoms with Crippen molar-refractivity contribution in [3.8, 4) is 0 Å². The molecule has 0 aliphatic carbocycles. The lowest BCUT2D eigenvalue weighted by atomic mass is 9.85. The van der Waals surface area contributed by atoms with Crippen molar-refractivity contribution in [1.29, 1.82) is 0 Å². The van der Waals surface area contributed by atoms with Crippen molar-refractivity contribution < 1.29 is 0 Å². The van der Waals surface area contributed by atoms with Crippen LogP contribution in [-0.4, -0.2) is 9.97 Å². The van der Waals surface area contributed by atoms with Gasteiger partial charge in [0.25, 0.3) is 0 Å². The highest BCUT2D eigenvalue weighted by atomic mass is 14.7. The number of nitrogens with zero attached hydrogens (tertiary/aromatic N) is 2. The molecule has 0 radical (unpaired) electrons. The predicted molar refractivity (Wildman–Crippen MR) is 63.0 cm³/mol. The summed E-state index contributed by atoms with van der Waals surface area (Å²) in [6.45, 7) is 8.69. The van der Waals surface area contributed by atoms with Gasteiger partial charge in [-0.15, -0.1) is 0 Å². The summed E-state index contributed by atoms with van der Waals surface area (Å²) in [6, 6.07) is 4.13. The molecule has 0 aliphatic heterocycles. The van der Waals surface area contributed by atoms with E-state index in [1.54, 1.807) is 6.20 Å². The number of fused-ring (bicyclic) bond motifs is 1. The van der Waals surface area contributed by atoms with Gasteiger partial charge < -0.3 is 0 Å². The van der Waals surface area contributed by atoms with Crippen LogP contribution >= 0.6 is 0 Å². The molecule has 0 amide bonds. The zero-order chi connectivity index (χ0) is 11.1. The largest absolute Gasteiger partial charge is 0.264 e. The van der Waals surface area contributed by atoms with Crippen molar-refractivity contribution in [2.45, 2.75) is 33.1 Å². The molecule has 0 unspecified atom stereocenters. The van der Waals surface area contributed by atoms with Gasteiger partial charge in [-0.3, -0.25) is 9.97 Å². The third-order valence-electron chi connectivity index (χ3n) is 2.55. The first kappa shape index (κ1) is 10.1. The normalized spacial score (nSPS) is 12.0. The SMILES string of the molecule is Cc1cc(C(C)(C)C)c2cnccc2n1. The fourth-order valence-corrected chi connectivity index (χ4v) is 1.82. The van der Waals surface area contributed by atoms with E-state index in [0.29, 0.717) is 0 Å². The van der Waals surface area contributed by atoms with Crippen molar-refractivity contribution >= 4 is 10.9 Å². The van der Waals surface area contributed by atoms with Gasteiger partial charge in [0.15, 0.2) is 0 Å². The molecule has 2 heteroatoms. The summed E-state index contributed by atoms with van der Waals surface area (Å²) in [4.78, 5) is 8.69.